The molecule has 2 amide bonds. The molecule has 1 atom stereocenters. The Morgan fingerprint density at radius 2 is 1.94 bits per heavy atom. The maximum absolute atomic E-state index is 12.8. The number of carbonyl (C=O) groups excluding carboxylic acids is 2. The highest BCUT2D eigenvalue weighted by molar-refractivity contribution is 5.92. The van der Waals surface area contributed by atoms with Crippen molar-refractivity contribution in [3.8, 4) is 0 Å². The Kier molecular flexibility index (Phi) is 6.94. The molecule has 4 heterocycles. The number of hydrogen-bond acceptors (Lipinski definition) is 6. The van der Waals surface area contributed by atoms with Crippen molar-refractivity contribution in [1.82, 2.24) is 24.8 Å². The smallest absolute Gasteiger partial charge is 0.272 e. The van der Waals surface area contributed by atoms with E-state index in [1.165, 1.54) is 7.11 Å². The van der Waals surface area contributed by atoms with E-state index >= 15 is 0 Å². The van der Waals surface area contributed by atoms with Crippen LogP contribution in [0.5, 0.6) is 0 Å². The van der Waals surface area contributed by atoms with Gasteiger partial charge in [-0.3, -0.25) is 19.4 Å². The molecule has 170 valence electrons. The summed E-state index contributed by atoms with van der Waals surface area (Å²) in [5.41, 5.74) is 0.999. The lowest BCUT2D eigenvalue weighted by molar-refractivity contribution is -0.136. The maximum Gasteiger partial charge on any atom is 0.272 e. The summed E-state index contributed by atoms with van der Waals surface area (Å²) >= 11 is 0. The Morgan fingerprint density at radius 3 is 2.66 bits per heavy atom. The van der Waals surface area contributed by atoms with Crippen LogP contribution < -0.4 is 5.56 Å². The molecule has 0 bridgehead atoms. The summed E-state index contributed by atoms with van der Waals surface area (Å²) in [6.45, 7) is 2.53. The van der Waals surface area contributed by atoms with Crippen molar-refractivity contribution < 1.29 is 14.3 Å². The largest absolute Gasteiger partial charge is 0.375 e. The molecule has 0 aliphatic carbocycles. The van der Waals surface area contributed by atoms with Gasteiger partial charge in [0.15, 0.2) is 0 Å². The van der Waals surface area contributed by atoms with Crippen molar-refractivity contribution in [1.29, 1.82) is 0 Å². The number of likely N-dealkylation sites (tertiary alicyclic amines) is 2. The average Bonchev–Trinajstić information content (AvgIpc) is 2.84. The van der Waals surface area contributed by atoms with Gasteiger partial charge in [-0.25, -0.2) is 4.98 Å². The highest BCUT2D eigenvalue weighted by Gasteiger charge is 2.29. The Morgan fingerprint density at radius 1 is 1.12 bits per heavy atom. The predicted molar refractivity (Wildman–Crippen MR) is 117 cm³/mol. The van der Waals surface area contributed by atoms with Crippen molar-refractivity contribution in [3.63, 3.8) is 0 Å². The summed E-state index contributed by atoms with van der Waals surface area (Å²) in [6, 6.07) is 6.87. The zero-order chi connectivity index (χ0) is 22.5. The van der Waals surface area contributed by atoms with E-state index < -0.39 is 0 Å². The zero-order valence-corrected chi connectivity index (χ0v) is 18.3. The lowest BCUT2D eigenvalue weighted by Crippen LogP contribution is -2.41. The average molecular weight is 440 g/mol. The number of nitrogens with one attached hydrogen (secondary N) is 1. The normalized spacial score (nSPS) is 19.7. The highest BCUT2D eigenvalue weighted by atomic mass is 16.5. The molecule has 9 heteroatoms. The first kappa shape index (κ1) is 22.1. The standard InChI is InChI=1S/C23H29N5O4/c1-32-15-21(30)27-11-7-16(8-12-27)22-25-19(13-20(29)26-22)17-5-4-10-28(14-17)23(31)18-6-2-3-9-24-18/h2-3,6,9,13,16-17H,4-5,7-8,10-12,14-15H2,1H3,(H,25,26,29). The highest BCUT2D eigenvalue weighted by Crippen LogP contribution is 2.29. The molecule has 9 nitrogen and oxygen atoms in total. The first-order valence-corrected chi connectivity index (χ1v) is 11.1. The van der Waals surface area contributed by atoms with E-state index in [4.69, 9.17) is 9.72 Å². The van der Waals surface area contributed by atoms with Crippen molar-refractivity contribution in [2.24, 2.45) is 0 Å². The van der Waals surface area contributed by atoms with Crippen LogP contribution in [0, 0.1) is 0 Å². The second-order valence-electron chi connectivity index (χ2n) is 8.45. The molecule has 4 rings (SSSR count). The quantitative estimate of drug-likeness (QED) is 0.757. The van der Waals surface area contributed by atoms with Crippen LogP contribution in [0.2, 0.25) is 0 Å². The molecule has 1 unspecified atom stereocenters. The Bertz CT molecular complexity index is 1000. The van der Waals surface area contributed by atoms with Crippen LogP contribution in [0.15, 0.2) is 35.3 Å². The fourth-order valence-corrected chi connectivity index (χ4v) is 4.57. The lowest BCUT2D eigenvalue weighted by Gasteiger charge is -2.33. The van der Waals surface area contributed by atoms with Crippen LogP contribution in [0.25, 0.3) is 0 Å². The number of piperidine rings is 2. The third-order valence-electron chi connectivity index (χ3n) is 6.29. The first-order chi connectivity index (χ1) is 15.5. The Hall–Kier alpha value is -3.07. The molecule has 2 aromatic heterocycles. The van der Waals surface area contributed by atoms with Gasteiger partial charge in [-0.15, -0.1) is 0 Å². The van der Waals surface area contributed by atoms with Crippen LogP contribution in [-0.4, -0.2) is 76.5 Å². The molecule has 2 aliphatic rings. The van der Waals surface area contributed by atoms with Gasteiger partial charge in [0.1, 0.15) is 18.1 Å². The van der Waals surface area contributed by atoms with Crippen LogP contribution >= 0.6 is 0 Å². The maximum atomic E-state index is 12.8. The minimum absolute atomic E-state index is 0.0129. The van der Waals surface area contributed by atoms with Crippen LogP contribution in [-0.2, 0) is 9.53 Å². The summed E-state index contributed by atoms with van der Waals surface area (Å²) in [5.74, 6) is 0.693. The predicted octanol–water partition coefficient (Wildman–Crippen LogP) is 1.54. The summed E-state index contributed by atoms with van der Waals surface area (Å²) in [4.78, 5) is 52.8. The second kappa shape index (κ2) is 10.0. The van der Waals surface area contributed by atoms with Gasteiger partial charge in [-0.2, -0.15) is 0 Å². The molecule has 2 aromatic rings. The minimum atomic E-state index is -0.170. The van der Waals surface area contributed by atoms with Crippen LogP contribution in [0.3, 0.4) is 0 Å². The van der Waals surface area contributed by atoms with Crippen molar-refractivity contribution in [3.05, 3.63) is 58.0 Å². The molecular weight excluding hydrogens is 410 g/mol. The van der Waals surface area contributed by atoms with E-state index in [0.717, 1.165) is 31.4 Å². The van der Waals surface area contributed by atoms with E-state index in [0.29, 0.717) is 37.7 Å². The molecule has 1 N–H and O–H groups in total. The minimum Gasteiger partial charge on any atom is -0.375 e. The van der Waals surface area contributed by atoms with Gasteiger partial charge in [0.2, 0.25) is 5.91 Å². The van der Waals surface area contributed by atoms with Crippen LogP contribution in [0.1, 0.15) is 59.5 Å². The molecule has 32 heavy (non-hydrogen) atoms. The number of nitrogens with zero attached hydrogens (tertiary/aromatic N) is 4. The van der Waals surface area contributed by atoms with Gasteiger partial charge in [0.25, 0.3) is 11.5 Å². The van der Waals surface area contributed by atoms with Gasteiger partial charge < -0.3 is 19.5 Å². The molecule has 0 saturated carbocycles. The third kappa shape index (κ3) is 5.04. The first-order valence-electron chi connectivity index (χ1n) is 11.1. The Labute approximate surface area is 186 Å². The van der Waals surface area contributed by atoms with Gasteiger partial charge in [0, 0.05) is 57.4 Å². The van der Waals surface area contributed by atoms with Crippen LogP contribution in [0.4, 0.5) is 0 Å². The topological polar surface area (TPSA) is 108 Å². The number of rotatable bonds is 5. The van der Waals surface area contributed by atoms with Crippen molar-refractivity contribution >= 4 is 11.8 Å². The summed E-state index contributed by atoms with van der Waals surface area (Å²) in [5, 5.41) is 0. The van der Waals surface area contributed by atoms with E-state index in [-0.39, 0.29) is 35.8 Å². The van der Waals surface area contributed by atoms with E-state index in [1.807, 2.05) is 0 Å². The number of ether oxygens (including phenoxy) is 1. The molecule has 2 aliphatic heterocycles. The Balaban J connectivity index is 1.45. The fourth-order valence-electron chi connectivity index (χ4n) is 4.57. The lowest BCUT2D eigenvalue weighted by atomic mass is 9.92. The number of H-pyrrole nitrogens is 1. The summed E-state index contributed by atoms with van der Waals surface area (Å²) < 4.78 is 4.94. The number of methoxy groups -OCH3 is 1. The number of hydrogen-bond donors (Lipinski definition) is 1. The van der Waals surface area contributed by atoms with E-state index in [2.05, 4.69) is 9.97 Å². The van der Waals surface area contributed by atoms with Gasteiger partial charge in [-0.1, -0.05) is 6.07 Å². The second-order valence-corrected chi connectivity index (χ2v) is 8.45. The zero-order valence-electron chi connectivity index (χ0n) is 18.3. The molecular formula is C23H29N5O4. The summed E-state index contributed by atoms with van der Waals surface area (Å²) in [7, 11) is 1.52. The summed E-state index contributed by atoms with van der Waals surface area (Å²) in [6.07, 6.45) is 4.85. The number of aromatic amines is 1. The van der Waals surface area contributed by atoms with Gasteiger partial charge >= 0.3 is 0 Å². The fraction of sp³-hybridized carbons (Fsp3) is 0.522. The SMILES string of the molecule is COCC(=O)N1CCC(c2nc(C3CCCN(C(=O)c4ccccn4)C3)cc(=O)[nH]2)CC1. The molecule has 2 fully saturated rings. The molecule has 0 spiro atoms. The monoisotopic (exact) mass is 439 g/mol. The molecule has 2 saturated heterocycles. The van der Waals surface area contributed by atoms with Crippen molar-refractivity contribution in [2.45, 2.75) is 37.5 Å². The van der Waals surface area contributed by atoms with Gasteiger partial charge in [0.05, 0.1) is 5.69 Å². The number of pyridine rings is 1. The van der Waals surface area contributed by atoms with Gasteiger partial charge in [-0.05, 0) is 37.8 Å². The van der Waals surface area contributed by atoms with E-state index in [1.54, 1.807) is 40.3 Å². The van der Waals surface area contributed by atoms with E-state index in [9.17, 15) is 14.4 Å². The number of aromatic nitrogens is 3. The third-order valence-corrected chi connectivity index (χ3v) is 6.29. The molecule has 0 radical (unpaired) electrons. The van der Waals surface area contributed by atoms with Crippen molar-refractivity contribution in [2.75, 3.05) is 39.9 Å². The number of amides is 2. The number of carbonyl (C=O) groups is 2. The molecule has 0 aromatic carbocycles.